The van der Waals surface area contributed by atoms with Crippen LogP contribution in [-0.4, -0.2) is 35.0 Å². The Balaban J connectivity index is 1.64. The van der Waals surface area contributed by atoms with Crippen LogP contribution in [0.4, 0.5) is 10.5 Å². The third-order valence-corrected chi connectivity index (χ3v) is 5.24. The summed E-state index contributed by atoms with van der Waals surface area (Å²) < 4.78 is 0. The molecule has 22 heavy (non-hydrogen) atoms. The predicted molar refractivity (Wildman–Crippen MR) is 88.1 cm³/mol. The van der Waals surface area contributed by atoms with E-state index in [0.717, 1.165) is 17.2 Å². The summed E-state index contributed by atoms with van der Waals surface area (Å²) in [5.74, 6) is 0.608. The molecule has 2 unspecified atom stereocenters. The zero-order valence-electron chi connectivity index (χ0n) is 12.6. The van der Waals surface area contributed by atoms with E-state index in [1.807, 2.05) is 18.2 Å². The fourth-order valence-electron chi connectivity index (χ4n) is 4.21. The van der Waals surface area contributed by atoms with Crippen LogP contribution in [-0.2, 0) is 0 Å². The molecule has 1 aromatic carbocycles. The molecule has 5 nitrogen and oxygen atoms in total. The van der Waals surface area contributed by atoms with Crippen molar-refractivity contribution in [2.45, 2.75) is 37.6 Å². The van der Waals surface area contributed by atoms with Crippen LogP contribution in [0.25, 0.3) is 10.9 Å². The Morgan fingerprint density at radius 1 is 1.32 bits per heavy atom. The highest BCUT2D eigenvalue weighted by atomic mass is 16.2. The van der Waals surface area contributed by atoms with Gasteiger partial charge in [0.05, 0.1) is 0 Å². The number of benzene rings is 1. The molecule has 116 valence electrons. The van der Waals surface area contributed by atoms with Crippen LogP contribution in [0.2, 0.25) is 0 Å². The molecule has 0 radical (unpaired) electrons. The standard InChI is InChI=1S/C17H22N4O/c18-17(22)20-12-3-4-16-14(9-12)15(10-19-16)11-5-7-21-6-1-2-13(21)8-11/h3-4,9-11,13,19H,1-2,5-8H2,(H3,18,20,22). The van der Waals surface area contributed by atoms with Crippen molar-refractivity contribution in [3.05, 3.63) is 30.0 Å². The van der Waals surface area contributed by atoms with Crippen molar-refractivity contribution in [1.82, 2.24) is 9.88 Å². The van der Waals surface area contributed by atoms with E-state index in [1.165, 1.54) is 49.7 Å². The number of fused-ring (bicyclic) bond motifs is 2. The van der Waals surface area contributed by atoms with Crippen molar-refractivity contribution >= 4 is 22.6 Å². The average molecular weight is 298 g/mol. The lowest BCUT2D eigenvalue weighted by Gasteiger charge is -2.34. The highest BCUT2D eigenvalue weighted by Gasteiger charge is 2.33. The van der Waals surface area contributed by atoms with E-state index in [9.17, 15) is 4.79 Å². The van der Waals surface area contributed by atoms with E-state index in [1.54, 1.807) is 0 Å². The summed E-state index contributed by atoms with van der Waals surface area (Å²) in [5, 5.41) is 3.88. The lowest BCUT2D eigenvalue weighted by molar-refractivity contribution is 0.181. The number of nitrogens with zero attached hydrogens (tertiary/aromatic N) is 1. The fraction of sp³-hybridized carbons (Fsp3) is 0.471. The molecule has 0 aliphatic carbocycles. The summed E-state index contributed by atoms with van der Waals surface area (Å²) in [6.07, 6.45) is 7.30. The lowest BCUT2D eigenvalue weighted by Crippen LogP contribution is -2.37. The van der Waals surface area contributed by atoms with Gasteiger partial charge in [-0.3, -0.25) is 0 Å². The van der Waals surface area contributed by atoms with Crippen LogP contribution in [0.15, 0.2) is 24.4 Å². The van der Waals surface area contributed by atoms with Crippen LogP contribution in [0.3, 0.4) is 0 Å². The third kappa shape index (κ3) is 2.35. The van der Waals surface area contributed by atoms with Crippen molar-refractivity contribution in [2.75, 3.05) is 18.4 Å². The first-order valence-electron chi connectivity index (χ1n) is 8.12. The molecule has 2 aromatic rings. The molecule has 4 rings (SSSR count). The molecule has 2 fully saturated rings. The number of H-pyrrole nitrogens is 1. The first-order valence-corrected chi connectivity index (χ1v) is 8.12. The average Bonchev–Trinajstić information content (AvgIpc) is 3.11. The number of urea groups is 1. The molecular weight excluding hydrogens is 276 g/mol. The number of carbonyl (C=O) groups is 1. The van der Waals surface area contributed by atoms with Gasteiger partial charge in [-0.25, -0.2) is 4.79 Å². The number of carbonyl (C=O) groups excluding carboxylic acids is 1. The van der Waals surface area contributed by atoms with Crippen molar-refractivity contribution in [3.63, 3.8) is 0 Å². The highest BCUT2D eigenvalue weighted by Crippen LogP contribution is 2.39. The number of rotatable bonds is 2. The zero-order chi connectivity index (χ0) is 15.1. The van der Waals surface area contributed by atoms with Crippen LogP contribution < -0.4 is 11.1 Å². The maximum Gasteiger partial charge on any atom is 0.316 e. The Morgan fingerprint density at radius 2 is 2.23 bits per heavy atom. The number of aromatic amines is 1. The summed E-state index contributed by atoms with van der Waals surface area (Å²) in [7, 11) is 0. The van der Waals surface area contributed by atoms with Crippen LogP contribution >= 0.6 is 0 Å². The number of amides is 2. The minimum atomic E-state index is -0.518. The largest absolute Gasteiger partial charge is 0.361 e. The summed E-state index contributed by atoms with van der Waals surface area (Å²) in [4.78, 5) is 17.1. The van der Waals surface area contributed by atoms with Gasteiger partial charge in [0, 0.05) is 28.8 Å². The Morgan fingerprint density at radius 3 is 3.09 bits per heavy atom. The number of anilines is 1. The molecule has 2 amide bonds. The second kappa shape index (κ2) is 5.32. The minimum Gasteiger partial charge on any atom is -0.361 e. The van der Waals surface area contributed by atoms with Gasteiger partial charge in [0.25, 0.3) is 0 Å². The third-order valence-electron chi connectivity index (χ3n) is 5.24. The summed E-state index contributed by atoms with van der Waals surface area (Å²) >= 11 is 0. The second-order valence-corrected chi connectivity index (χ2v) is 6.55. The van der Waals surface area contributed by atoms with E-state index in [0.29, 0.717) is 5.92 Å². The normalized spacial score (nSPS) is 25.3. The van der Waals surface area contributed by atoms with Crippen molar-refractivity contribution in [3.8, 4) is 0 Å². The highest BCUT2D eigenvalue weighted by molar-refractivity contribution is 5.93. The van der Waals surface area contributed by atoms with Crippen molar-refractivity contribution in [1.29, 1.82) is 0 Å². The van der Waals surface area contributed by atoms with Crippen LogP contribution in [0.5, 0.6) is 0 Å². The molecule has 2 aliphatic heterocycles. The van der Waals surface area contributed by atoms with E-state index < -0.39 is 6.03 Å². The molecule has 2 saturated heterocycles. The predicted octanol–water partition coefficient (Wildman–Crippen LogP) is 3.00. The molecule has 4 N–H and O–H groups in total. The van der Waals surface area contributed by atoms with Gasteiger partial charge in [-0.2, -0.15) is 0 Å². The van der Waals surface area contributed by atoms with Gasteiger partial charge in [-0.1, -0.05) is 0 Å². The van der Waals surface area contributed by atoms with E-state index in [2.05, 4.69) is 21.4 Å². The van der Waals surface area contributed by atoms with Gasteiger partial charge in [-0.05, 0) is 68.5 Å². The SMILES string of the molecule is NC(=O)Nc1ccc2[nH]cc(C3CCN4CCCC4C3)c2c1. The van der Waals surface area contributed by atoms with Gasteiger partial charge in [0.15, 0.2) is 0 Å². The van der Waals surface area contributed by atoms with Crippen molar-refractivity contribution < 1.29 is 4.79 Å². The second-order valence-electron chi connectivity index (χ2n) is 6.55. The molecule has 2 atom stereocenters. The van der Waals surface area contributed by atoms with Crippen LogP contribution in [0.1, 0.15) is 37.2 Å². The van der Waals surface area contributed by atoms with Gasteiger partial charge < -0.3 is 20.9 Å². The molecule has 3 heterocycles. The lowest BCUT2D eigenvalue weighted by atomic mass is 9.85. The van der Waals surface area contributed by atoms with Crippen molar-refractivity contribution in [2.24, 2.45) is 5.73 Å². The number of aromatic nitrogens is 1. The number of primary amides is 1. The molecular formula is C17H22N4O. The first kappa shape index (κ1) is 13.6. The minimum absolute atomic E-state index is 0.518. The topological polar surface area (TPSA) is 74.1 Å². The summed E-state index contributed by atoms with van der Waals surface area (Å²) in [6, 6.07) is 6.17. The maximum atomic E-state index is 11.1. The Kier molecular flexibility index (Phi) is 3.30. The summed E-state index contributed by atoms with van der Waals surface area (Å²) in [5.41, 5.74) is 8.49. The zero-order valence-corrected chi connectivity index (χ0v) is 12.6. The number of nitrogens with one attached hydrogen (secondary N) is 2. The Labute approximate surface area is 129 Å². The Hall–Kier alpha value is -2.01. The molecule has 0 spiro atoms. The van der Waals surface area contributed by atoms with Crippen LogP contribution in [0, 0.1) is 0 Å². The van der Waals surface area contributed by atoms with Gasteiger partial charge in [0.2, 0.25) is 0 Å². The van der Waals surface area contributed by atoms with Gasteiger partial charge >= 0.3 is 6.03 Å². The molecule has 5 heteroatoms. The smallest absolute Gasteiger partial charge is 0.316 e. The fourth-order valence-corrected chi connectivity index (χ4v) is 4.21. The molecule has 0 saturated carbocycles. The van der Waals surface area contributed by atoms with E-state index >= 15 is 0 Å². The Bertz CT molecular complexity index is 708. The first-order chi connectivity index (χ1) is 10.7. The van der Waals surface area contributed by atoms with Gasteiger partial charge in [0.1, 0.15) is 0 Å². The number of hydrogen-bond donors (Lipinski definition) is 3. The van der Waals surface area contributed by atoms with E-state index in [-0.39, 0.29) is 0 Å². The molecule has 2 aliphatic rings. The monoisotopic (exact) mass is 298 g/mol. The quantitative estimate of drug-likeness (QED) is 0.797. The number of hydrogen-bond acceptors (Lipinski definition) is 2. The number of piperidine rings is 1. The molecule has 1 aromatic heterocycles. The summed E-state index contributed by atoms with van der Waals surface area (Å²) in [6.45, 7) is 2.49. The maximum absolute atomic E-state index is 11.1. The van der Waals surface area contributed by atoms with E-state index in [4.69, 9.17) is 5.73 Å². The number of nitrogens with two attached hydrogens (primary N) is 1. The molecule has 0 bridgehead atoms. The van der Waals surface area contributed by atoms with Gasteiger partial charge in [-0.15, -0.1) is 0 Å².